The molecule has 3 rings (SSSR count). The van der Waals surface area contributed by atoms with Crippen molar-refractivity contribution in [1.29, 1.82) is 0 Å². The first-order valence-electron chi connectivity index (χ1n) is 7.61. The molecule has 1 aromatic rings. The maximum Gasteiger partial charge on any atom is 0.179 e. The summed E-state index contributed by atoms with van der Waals surface area (Å²) in [6.45, 7) is 1.85. The van der Waals surface area contributed by atoms with E-state index in [1.54, 1.807) is 0 Å². The van der Waals surface area contributed by atoms with Crippen molar-refractivity contribution in [3.8, 4) is 11.5 Å². The van der Waals surface area contributed by atoms with Crippen LogP contribution in [0.4, 0.5) is 0 Å². The lowest BCUT2D eigenvalue weighted by Gasteiger charge is -2.35. The Morgan fingerprint density at radius 2 is 2.00 bits per heavy atom. The predicted octanol–water partition coefficient (Wildman–Crippen LogP) is 2.85. The van der Waals surface area contributed by atoms with Crippen LogP contribution in [0.3, 0.4) is 0 Å². The van der Waals surface area contributed by atoms with Gasteiger partial charge < -0.3 is 14.6 Å². The van der Waals surface area contributed by atoms with Gasteiger partial charge in [-0.1, -0.05) is 24.4 Å². The monoisotopic (exact) mass is 311 g/mol. The molecular formula is C16H22ClNO3. The lowest BCUT2D eigenvalue weighted by molar-refractivity contribution is 0.0288. The molecule has 1 N–H and O–H groups in total. The standard InChI is InChI=1S/C16H22ClNO3/c1-18(13-4-2-3-5-14(13)19)10-11-8-12(17)16-15(9-11)20-6-7-21-16/h8-9,13-14,19H,2-7,10H2,1H3. The largest absolute Gasteiger partial charge is 0.486 e. The molecule has 1 heterocycles. The van der Waals surface area contributed by atoms with Gasteiger partial charge >= 0.3 is 0 Å². The van der Waals surface area contributed by atoms with Crippen LogP contribution in [0.2, 0.25) is 5.02 Å². The van der Waals surface area contributed by atoms with Crippen molar-refractivity contribution in [2.75, 3.05) is 20.3 Å². The van der Waals surface area contributed by atoms with E-state index in [0.717, 1.165) is 37.1 Å². The van der Waals surface area contributed by atoms with Gasteiger partial charge in [-0.3, -0.25) is 4.90 Å². The van der Waals surface area contributed by atoms with E-state index in [9.17, 15) is 5.11 Å². The fourth-order valence-corrected chi connectivity index (χ4v) is 3.55. The molecule has 0 radical (unpaired) electrons. The van der Waals surface area contributed by atoms with Crippen LogP contribution in [-0.2, 0) is 6.54 Å². The number of hydrogen-bond acceptors (Lipinski definition) is 4. The number of nitrogens with zero attached hydrogens (tertiary/aromatic N) is 1. The van der Waals surface area contributed by atoms with Crippen molar-refractivity contribution in [2.45, 2.75) is 44.4 Å². The Labute approximate surface area is 130 Å². The maximum atomic E-state index is 10.2. The summed E-state index contributed by atoms with van der Waals surface area (Å²) in [5.41, 5.74) is 1.09. The summed E-state index contributed by atoms with van der Waals surface area (Å²) < 4.78 is 11.2. The molecule has 2 aliphatic rings. The van der Waals surface area contributed by atoms with Crippen molar-refractivity contribution in [2.24, 2.45) is 0 Å². The smallest absolute Gasteiger partial charge is 0.179 e. The quantitative estimate of drug-likeness (QED) is 0.932. The van der Waals surface area contributed by atoms with Gasteiger partial charge in [0.25, 0.3) is 0 Å². The van der Waals surface area contributed by atoms with Crippen LogP contribution in [0, 0.1) is 0 Å². The number of rotatable bonds is 3. The fourth-order valence-electron chi connectivity index (χ4n) is 3.27. The van der Waals surface area contributed by atoms with Crippen LogP contribution in [0.5, 0.6) is 11.5 Å². The Morgan fingerprint density at radius 3 is 2.81 bits per heavy atom. The second kappa shape index (κ2) is 6.42. The van der Waals surface area contributed by atoms with E-state index in [1.807, 2.05) is 12.1 Å². The van der Waals surface area contributed by atoms with E-state index in [2.05, 4.69) is 11.9 Å². The SMILES string of the molecule is CN(Cc1cc(Cl)c2c(c1)OCCO2)C1CCCCC1O. The number of benzene rings is 1. The average Bonchev–Trinajstić information content (AvgIpc) is 2.47. The first-order valence-corrected chi connectivity index (χ1v) is 7.99. The summed E-state index contributed by atoms with van der Waals surface area (Å²) in [7, 11) is 2.06. The lowest BCUT2D eigenvalue weighted by atomic mass is 9.91. The molecule has 4 nitrogen and oxygen atoms in total. The molecule has 0 spiro atoms. The van der Waals surface area contributed by atoms with Crippen molar-refractivity contribution in [3.63, 3.8) is 0 Å². The van der Waals surface area contributed by atoms with Crippen LogP contribution in [0.1, 0.15) is 31.2 Å². The topological polar surface area (TPSA) is 41.9 Å². The number of likely N-dealkylation sites (N-methyl/N-ethyl adjacent to an activating group) is 1. The molecule has 1 aliphatic carbocycles. The number of hydrogen-bond donors (Lipinski definition) is 1. The van der Waals surface area contributed by atoms with Gasteiger partial charge in [0.2, 0.25) is 0 Å². The van der Waals surface area contributed by atoms with Crippen LogP contribution in [0.15, 0.2) is 12.1 Å². The summed E-state index contributed by atoms with van der Waals surface area (Å²) in [6.07, 6.45) is 4.04. The number of aliphatic hydroxyl groups excluding tert-OH is 1. The zero-order valence-electron chi connectivity index (χ0n) is 12.3. The second-order valence-corrected chi connectivity index (χ2v) is 6.34. The lowest BCUT2D eigenvalue weighted by Crippen LogP contribution is -2.42. The molecule has 0 amide bonds. The van der Waals surface area contributed by atoms with E-state index >= 15 is 0 Å². The predicted molar refractivity (Wildman–Crippen MR) is 82.2 cm³/mol. The number of fused-ring (bicyclic) bond motifs is 1. The zero-order valence-corrected chi connectivity index (χ0v) is 13.1. The third kappa shape index (κ3) is 3.28. The van der Waals surface area contributed by atoms with Crippen molar-refractivity contribution >= 4 is 11.6 Å². The second-order valence-electron chi connectivity index (χ2n) is 5.94. The molecule has 5 heteroatoms. The summed E-state index contributed by atoms with van der Waals surface area (Å²) in [5.74, 6) is 1.37. The number of halogens is 1. The van der Waals surface area contributed by atoms with E-state index in [4.69, 9.17) is 21.1 Å². The van der Waals surface area contributed by atoms with Crippen molar-refractivity contribution in [1.82, 2.24) is 4.90 Å². The molecule has 2 unspecified atom stereocenters. The summed E-state index contributed by atoms with van der Waals surface area (Å²) in [5, 5.41) is 10.7. The van der Waals surface area contributed by atoms with E-state index in [-0.39, 0.29) is 12.1 Å². The molecule has 1 aliphatic heterocycles. The molecule has 0 bridgehead atoms. The van der Waals surface area contributed by atoms with Crippen molar-refractivity contribution in [3.05, 3.63) is 22.7 Å². The third-order valence-electron chi connectivity index (χ3n) is 4.35. The Balaban J connectivity index is 1.73. The van der Waals surface area contributed by atoms with E-state index in [1.165, 1.54) is 6.42 Å². The minimum Gasteiger partial charge on any atom is -0.486 e. The highest BCUT2D eigenvalue weighted by molar-refractivity contribution is 6.32. The van der Waals surface area contributed by atoms with Gasteiger partial charge in [-0.15, -0.1) is 0 Å². The van der Waals surface area contributed by atoms with Gasteiger partial charge in [-0.25, -0.2) is 0 Å². The molecule has 2 atom stereocenters. The Kier molecular flexibility index (Phi) is 4.57. The van der Waals surface area contributed by atoms with Gasteiger partial charge in [0.15, 0.2) is 11.5 Å². The highest BCUT2D eigenvalue weighted by Gasteiger charge is 2.27. The molecule has 1 fully saturated rings. The van der Waals surface area contributed by atoms with Gasteiger partial charge in [0.05, 0.1) is 11.1 Å². The van der Waals surface area contributed by atoms with Gasteiger partial charge in [-0.2, -0.15) is 0 Å². The third-order valence-corrected chi connectivity index (χ3v) is 4.63. The molecular weight excluding hydrogens is 290 g/mol. The van der Waals surface area contributed by atoms with E-state index in [0.29, 0.717) is 24.0 Å². The molecule has 1 saturated carbocycles. The summed E-state index contributed by atoms with van der Waals surface area (Å²) in [4.78, 5) is 2.21. The maximum absolute atomic E-state index is 10.2. The average molecular weight is 312 g/mol. The molecule has 0 saturated heterocycles. The molecule has 0 aromatic heterocycles. The Morgan fingerprint density at radius 1 is 1.24 bits per heavy atom. The highest BCUT2D eigenvalue weighted by Crippen LogP contribution is 2.38. The van der Waals surface area contributed by atoms with Crippen LogP contribution in [-0.4, -0.2) is 42.4 Å². The van der Waals surface area contributed by atoms with Crippen molar-refractivity contribution < 1.29 is 14.6 Å². The Hall–Kier alpha value is -0.970. The zero-order chi connectivity index (χ0) is 14.8. The molecule has 21 heavy (non-hydrogen) atoms. The minimum atomic E-state index is -0.226. The van der Waals surface area contributed by atoms with Crippen LogP contribution < -0.4 is 9.47 Å². The number of ether oxygens (including phenoxy) is 2. The first kappa shape index (κ1) is 14.9. The fraction of sp³-hybridized carbons (Fsp3) is 0.625. The van der Waals surface area contributed by atoms with Crippen LogP contribution >= 0.6 is 11.6 Å². The van der Waals surface area contributed by atoms with Gasteiger partial charge in [-0.05, 0) is 37.6 Å². The van der Waals surface area contributed by atoms with Gasteiger partial charge in [0.1, 0.15) is 13.2 Å². The highest BCUT2D eigenvalue weighted by atomic mass is 35.5. The Bertz CT molecular complexity index is 509. The molecule has 116 valence electrons. The minimum absolute atomic E-state index is 0.226. The number of aliphatic hydroxyl groups is 1. The summed E-state index contributed by atoms with van der Waals surface area (Å²) >= 11 is 6.27. The van der Waals surface area contributed by atoms with Gasteiger partial charge in [0, 0.05) is 12.6 Å². The normalized spacial score (nSPS) is 25.1. The van der Waals surface area contributed by atoms with E-state index < -0.39 is 0 Å². The molecule has 1 aromatic carbocycles. The summed E-state index contributed by atoms with van der Waals surface area (Å²) in [6, 6.07) is 4.15. The van der Waals surface area contributed by atoms with Crippen LogP contribution in [0.25, 0.3) is 0 Å². The first-order chi connectivity index (χ1) is 10.1.